The van der Waals surface area contributed by atoms with E-state index in [4.69, 9.17) is 5.26 Å². The van der Waals surface area contributed by atoms with Crippen molar-refractivity contribution >= 4 is 0 Å². The van der Waals surface area contributed by atoms with Gasteiger partial charge in [-0.1, -0.05) is 13.8 Å². The van der Waals surface area contributed by atoms with Gasteiger partial charge in [-0.25, -0.2) is 0 Å². The average molecular weight is 151 g/mol. The summed E-state index contributed by atoms with van der Waals surface area (Å²) < 4.78 is 0. The number of hydrogen-bond donors (Lipinski definition) is 0. The van der Waals surface area contributed by atoms with Crippen molar-refractivity contribution in [3.63, 3.8) is 0 Å². The Morgan fingerprint density at radius 3 is 2.09 bits per heavy atom. The summed E-state index contributed by atoms with van der Waals surface area (Å²) >= 11 is 0. The minimum atomic E-state index is 0.366. The second-order valence-electron chi connectivity index (χ2n) is 3.98. The summed E-state index contributed by atoms with van der Waals surface area (Å²) in [5.74, 6) is 2.07. The Morgan fingerprint density at radius 1 is 1.18 bits per heavy atom. The molecule has 62 valence electrons. The van der Waals surface area contributed by atoms with Gasteiger partial charge in [-0.15, -0.1) is 0 Å². The maximum atomic E-state index is 8.67. The van der Waals surface area contributed by atoms with Gasteiger partial charge in [0.25, 0.3) is 0 Å². The summed E-state index contributed by atoms with van der Waals surface area (Å²) in [6.45, 7) is 4.58. The monoisotopic (exact) mass is 151 g/mol. The number of rotatable bonds is 1. The van der Waals surface area contributed by atoms with E-state index in [2.05, 4.69) is 19.9 Å². The van der Waals surface area contributed by atoms with Crippen molar-refractivity contribution in [3.05, 3.63) is 0 Å². The van der Waals surface area contributed by atoms with Gasteiger partial charge < -0.3 is 0 Å². The van der Waals surface area contributed by atoms with Gasteiger partial charge in [0.15, 0.2) is 0 Å². The summed E-state index contributed by atoms with van der Waals surface area (Å²) in [6.07, 6.45) is 4.82. The maximum absolute atomic E-state index is 8.67. The molecule has 1 heteroatoms. The summed E-state index contributed by atoms with van der Waals surface area (Å²) in [7, 11) is 0. The Kier molecular flexibility index (Phi) is 2.93. The van der Waals surface area contributed by atoms with E-state index in [-0.39, 0.29) is 0 Å². The number of hydrogen-bond acceptors (Lipinski definition) is 1. The Hall–Kier alpha value is -0.510. The van der Waals surface area contributed by atoms with Crippen molar-refractivity contribution in [3.8, 4) is 6.07 Å². The molecule has 0 heterocycles. The van der Waals surface area contributed by atoms with Gasteiger partial charge in [-0.2, -0.15) is 5.26 Å². The number of nitrogens with zero attached hydrogens (tertiary/aromatic N) is 1. The zero-order valence-corrected chi connectivity index (χ0v) is 7.51. The van der Waals surface area contributed by atoms with Crippen LogP contribution in [0.25, 0.3) is 0 Å². The zero-order chi connectivity index (χ0) is 8.27. The first-order chi connectivity index (χ1) is 5.24. The second-order valence-corrected chi connectivity index (χ2v) is 3.98. The summed E-state index contributed by atoms with van der Waals surface area (Å²) in [6, 6.07) is 2.36. The van der Waals surface area contributed by atoms with E-state index in [0.29, 0.717) is 5.92 Å². The van der Waals surface area contributed by atoms with Crippen LogP contribution in [0.1, 0.15) is 39.5 Å². The molecule has 0 aliphatic heterocycles. The zero-order valence-electron chi connectivity index (χ0n) is 7.51. The highest BCUT2D eigenvalue weighted by molar-refractivity contribution is 4.87. The van der Waals surface area contributed by atoms with Crippen LogP contribution in [0.3, 0.4) is 0 Å². The summed E-state index contributed by atoms with van der Waals surface area (Å²) in [4.78, 5) is 0. The Morgan fingerprint density at radius 2 is 1.73 bits per heavy atom. The van der Waals surface area contributed by atoms with Crippen molar-refractivity contribution < 1.29 is 0 Å². The van der Waals surface area contributed by atoms with E-state index in [1.165, 1.54) is 12.8 Å². The molecule has 1 rings (SSSR count). The van der Waals surface area contributed by atoms with E-state index in [9.17, 15) is 0 Å². The number of nitriles is 1. The predicted octanol–water partition coefficient (Wildman–Crippen LogP) is 2.97. The molecule has 1 saturated carbocycles. The summed E-state index contributed by atoms with van der Waals surface area (Å²) in [5.41, 5.74) is 0. The molecule has 0 aromatic heterocycles. The highest BCUT2D eigenvalue weighted by Gasteiger charge is 2.22. The van der Waals surface area contributed by atoms with Crippen LogP contribution in [0, 0.1) is 29.1 Å². The van der Waals surface area contributed by atoms with Gasteiger partial charge in [0.1, 0.15) is 0 Å². The topological polar surface area (TPSA) is 23.8 Å². The predicted molar refractivity (Wildman–Crippen MR) is 45.9 cm³/mol. The van der Waals surface area contributed by atoms with Gasteiger partial charge in [-0.3, -0.25) is 0 Å². The van der Waals surface area contributed by atoms with Gasteiger partial charge >= 0.3 is 0 Å². The Bertz CT molecular complexity index is 147. The molecule has 0 aromatic carbocycles. The van der Waals surface area contributed by atoms with Crippen molar-refractivity contribution in [2.75, 3.05) is 0 Å². The quantitative estimate of drug-likeness (QED) is 0.565. The molecule has 0 spiro atoms. The second kappa shape index (κ2) is 3.76. The minimum absolute atomic E-state index is 0.366. The standard InChI is InChI=1S/C10H17N/c1-8(2)10-5-3-9(7-11)4-6-10/h8-10H,3-6H2,1-2H3. The van der Waals surface area contributed by atoms with E-state index in [1.54, 1.807) is 0 Å². The fourth-order valence-electron chi connectivity index (χ4n) is 1.91. The molecule has 0 unspecified atom stereocenters. The molecule has 11 heavy (non-hydrogen) atoms. The average Bonchev–Trinajstić information content (AvgIpc) is 2.05. The van der Waals surface area contributed by atoms with Crippen LogP contribution in [0.4, 0.5) is 0 Å². The van der Waals surface area contributed by atoms with E-state index in [0.717, 1.165) is 24.7 Å². The molecular formula is C10H17N. The van der Waals surface area contributed by atoms with Crippen LogP contribution < -0.4 is 0 Å². The molecule has 0 saturated heterocycles. The fraction of sp³-hybridized carbons (Fsp3) is 0.900. The third-order valence-corrected chi connectivity index (χ3v) is 2.90. The molecule has 0 bridgehead atoms. The van der Waals surface area contributed by atoms with Gasteiger partial charge in [0.2, 0.25) is 0 Å². The van der Waals surface area contributed by atoms with Crippen LogP contribution in [-0.2, 0) is 0 Å². The molecular weight excluding hydrogens is 134 g/mol. The smallest absolute Gasteiger partial charge is 0.0655 e. The minimum Gasteiger partial charge on any atom is -0.198 e. The Balaban J connectivity index is 2.31. The lowest BCUT2D eigenvalue weighted by atomic mass is 9.77. The fourth-order valence-corrected chi connectivity index (χ4v) is 1.91. The lowest BCUT2D eigenvalue weighted by Gasteiger charge is -2.27. The van der Waals surface area contributed by atoms with E-state index < -0.39 is 0 Å². The third-order valence-electron chi connectivity index (χ3n) is 2.90. The normalized spacial score (nSPS) is 31.8. The van der Waals surface area contributed by atoms with Crippen LogP contribution in [0.5, 0.6) is 0 Å². The van der Waals surface area contributed by atoms with Crippen LogP contribution in [0.15, 0.2) is 0 Å². The first kappa shape index (κ1) is 8.59. The van der Waals surface area contributed by atoms with Crippen LogP contribution in [0.2, 0.25) is 0 Å². The molecule has 0 radical (unpaired) electrons. The van der Waals surface area contributed by atoms with Crippen molar-refractivity contribution in [1.29, 1.82) is 5.26 Å². The highest BCUT2D eigenvalue weighted by Crippen LogP contribution is 2.32. The third kappa shape index (κ3) is 2.22. The molecule has 1 aliphatic carbocycles. The molecule has 0 N–H and O–H groups in total. The molecule has 1 aliphatic rings. The van der Waals surface area contributed by atoms with E-state index >= 15 is 0 Å². The SMILES string of the molecule is CC(C)C1CCC(C#N)CC1. The van der Waals surface area contributed by atoms with Crippen LogP contribution >= 0.6 is 0 Å². The molecule has 1 nitrogen and oxygen atoms in total. The lowest BCUT2D eigenvalue weighted by Crippen LogP contribution is -2.17. The highest BCUT2D eigenvalue weighted by atomic mass is 14.3. The molecule has 1 fully saturated rings. The molecule has 0 amide bonds. The van der Waals surface area contributed by atoms with Gasteiger partial charge in [-0.05, 0) is 37.5 Å². The van der Waals surface area contributed by atoms with Gasteiger partial charge in [0.05, 0.1) is 6.07 Å². The van der Waals surface area contributed by atoms with Crippen LogP contribution in [-0.4, -0.2) is 0 Å². The van der Waals surface area contributed by atoms with Crippen molar-refractivity contribution in [2.24, 2.45) is 17.8 Å². The van der Waals surface area contributed by atoms with Crippen molar-refractivity contribution in [2.45, 2.75) is 39.5 Å². The largest absolute Gasteiger partial charge is 0.198 e. The lowest BCUT2D eigenvalue weighted by molar-refractivity contribution is 0.251. The summed E-state index contributed by atoms with van der Waals surface area (Å²) in [5, 5.41) is 8.67. The van der Waals surface area contributed by atoms with Crippen molar-refractivity contribution in [1.82, 2.24) is 0 Å². The maximum Gasteiger partial charge on any atom is 0.0655 e. The Labute approximate surface area is 69.4 Å². The first-order valence-electron chi connectivity index (χ1n) is 4.63. The van der Waals surface area contributed by atoms with Gasteiger partial charge in [0, 0.05) is 5.92 Å². The van der Waals surface area contributed by atoms with E-state index in [1.807, 2.05) is 0 Å². The molecule has 0 atom stereocenters. The first-order valence-corrected chi connectivity index (χ1v) is 4.63. The molecule has 0 aromatic rings.